The van der Waals surface area contributed by atoms with Crippen molar-refractivity contribution in [2.45, 2.75) is 13.1 Å². The maximum absolute atomic E-state index is 12.1. The van der Waals surface area contributed by atoms with Gasteiger partial charge in [0.15, 0.2) is 0 Å². The fourth-order valence-electron chi connectivity index (χ4n) is 0.942. The van der Waals surface area contributed by atoms with E-state index in [4.69, 9.17) is 5.73 Å². The lowest BCUT2D eigenvalue weighted by Crippen LogP contribution is -2.25. The summed E-state index contributed by atoms with van der Waals surface area (Å²) in [5, 5.41) is 0. The third kappa shape index (κ3) is 1.79. The molecule has 3 N–H and O–H groups in total. The molecule has 7 heteroatoms. The highest BCUT2D eigenvalue weighted by molar-refractivity contribution is 5.26. The normalized spacial score (nSPS) is 11.7. The van der Waals surface area contributed by atoms with Crippen LogP contribution in [0.25, 0.3) is 0 Å². The molecular formula is C6H6F3N3O. The number of halogens is 3. The molecule has 0 unspecified atom stereocenters. The molecule has 0 spiro atoms. The minimum atomic E-state index is -4.70. The average Bonchev–Trinajstić information content (AvgIpc) is 1.78. The summed E-state index contributed by atoms with van der Waals surface area (Å²) in [7, 11) is 0. The van der Waals surface area contributed by atoms with Crippen molar-refractivity contribution in [3.8, 4) is 0 Å². The molecule has 1 aromatic heterocycles. The molecule has 72 valence electrons. The molecule has 0 aliphatic rings. The first kappa shape index (κ1) is 9.56. The zero-order chi connectivity index (χ0) is 10.2. The molecule has 0 amide bonds. The first-order chi connectivity index (χ1) is 5.82. The van der Waals surface area contributed by atoms with E-state index in [1.807, 2.05) is 0 Å². The van der Waals surface area contributed by atoms with Crippen LogP contribution < -0.4 is 11.3 Å². The van der Waals surface area contributed by atoms with E-state index in [1.54, 1.807) is 4.98 Å². The summed E-state index contributed by atoms with van der Waals surface area (Å²) in [6, 6.07) is 0. The van der Waals surface area contributed by atoms with Gasteiger partial charge in [0.2, 0.25) is 5.95 Å². The van der Waals surface area contributed by atoms with Crippen LogP contribution in [0.3, 0.4) is 0 Å². The summed E-state index contributed by atoms with van der Waals surface area (Å²) in [4.78, 5) is 15.9. The van der Waals surface area contributed by atoms with E-state index in [-0.39, 0.29) is 5.95 Å². The minimum Gasteiger partial charge on any atom is -0.369 e. The van der Waals surface area contributed by atoms with Gasteiger partial charge < -0.3 is 5.73 Å². The van der Waals surface area contributed by atoms with Gasteiger partial charge in [-0.1, -0.05) is 0 Å². The summed E-state index contributed by atoms with van der Waals surface area (Å²) >= 11 is 0. The Bertz CT molecular complexity index is 382. The molecule has 0 aliphatic heterocycles. The number of aromatic nitrogens is 2. The summed E-state index contributed by atoms with van der Waals surface area (Å²) in [6.07, 6.45) is -4.70. The number of H-pyrrole nitrogens is 1. The second kappa shape index (κ2) is 2.75. The number of hydrogen-bond donors (Lipinski definition) is 2. The molecule has 0 saturated heterocycles. The molecule has 0 aliphatic carbocycles. The minimum absolute atomic E-state index is 0.324. The standard InChI is InChI=1S/C6H6F3N3O/c1-2-3(6(7,8)9)4(13)12-5(10)11-2/h1H3,(H3,10,11,12,13). The Balaban J connectivity index is 3.47. The number of rotatable bonds is 0. The largest absolute Gasteiger partial charge is 0.423 e. The number of aryl methyl sites for hydroxylation is 1. The number of anilines is 1. The van der Waals surface area contributed by atoms with E-state index in [1.165, 1.54) is 0 Å². The van der Waals surface area contributed by atoms with Gasteiger partial charge in [0, 0.05) is 0 Å². The van der Waals surface area contributed by atoms with Crippen LogP contribution in [-0.2, 0) is 6.18 Å². The van der Waals surface area contributed by atoms with Gasteiger partial charge in [-0.2, -0.15) is 13.2 Å². The second-order valence-electron chi connectivity index (χ2n) is 2.41. The van der Waals surface area contributed by atoms with Gasteiger partial charge in [-0.3, -0.25) is 9.78 Å². The lowest BCUT2D eigenvalue weighted by Gasteiger charge is -2.07. The van der Waals surface area contributed by atoms with Gasteiger partial charge >= 0.3 is 6.18 Å². The third-order valence-corrected chi connectivity index (χ3v) is 1.40. The topological polar surface area (TPSA) is 71.8 Å². The van der Waals surface area contributed by atoms with Gasteiger partial charge in [0.1, 0.15) is 5.56 Å². The number of nitrogens with one attached hydrogen (secondary N) is 1. The smallest absolute Gasteiger partial charge is 0.369 e. The Labute approximate surface area is 70.6 Å². The number of nitrogens with two attached hydrogens (primary N) is 1. The molecule has 0 fully saturated rings. The summed E-state index contributed by atoms with van der Waals surface area (Å²) in [5.41, 5.74) is 2.04. The summed E-state index contributed by atoms with van der Waals surface area (Å²) < 4.78 is 36.4. The SMILES string of the molecule is Cc1nc(N)[nH]c(=O)c1C(F)(F)F. The first-order valence-corrected chi connectivity index (χ1v) is 3.26. The second-order valence-corrected chi connectivity index (χ2v) is 2.41. The van der Waals surface area contributed by atoms with Crippen molar-refractivity contribution >= 4 is 5.95 Å². The average molecular weight is 193 g/mol. The van der Waals surface area contributed by atoms with Crippen LogP contribution in [0.4, 0.5) is 19.1 Å². The van der Waals surface area contributed by atoms with Gasteiger partial charge in [-0.05, 0) is 6.92 Å². The fraction of sp³-hybridized carbons (Fsp3) is 0.333. The fourth-order valence-corrected chi connectivity index (χ4v) is 0.942. The summed E-state index contributed by atoms with van der Waals surface area (Å²) in [5.74, 6) is -0.324. The number of nitrogen functional groups attached to an aromatic ring is 1. The Morgan fingerprint density at radius 1 is 1.46 bits per heavy atom. The zero-order valence-corrected chi connectivity index (χ0v) is 6.57. The predicted molar refractivity (Wildman–Crippen MR) is 39.0 cm³/mol. The lowest BCUT2D eigenvalue weighted by molar-refractivity contribution is -0.139. The monoisotopic (exact) mass is 193 g/mol. The molecule has 1 aromatic rings. The number of hydrogen-bond acceptors (Lipinski definition) is 3. The van der Waals surface area contributed by atoms with Crippen molar-refractivity contribution in [3.05, 3.63) is 21.6 Å². The van der Waals surface area contributed by atoms with Crippen molar-refractivity contribution in [1.29, 1.82) is 0 Å². The maximum Gasteiger partial charge on any atom is 0.423 e. The van der Waals surface area contributed by atoms with Crippen molar-refractivity contribution < 1.29 is 13.2 Å². The van der Waals surface area contributed by atoms with Crippen molar-refractivity contribution in [3.63, 3.8) is 0 Å². The molecule has 1 rings (SSSR count). The van der Waals surface area contributed by atoms with Crippen LogP contribution in [0, 0.1) is 6.92 Å². The van der Waals surface area contributed by atoms with Gasteiger partial charge in [0.05, 0.1) is 5.69 Å². The molecule has 0 radical (unpaired) electrons. The molecule has 13 heavy (non-hydrogen) atoms. The van der Waals surface area contributed by atoms with E-state index >= 15 is 0 Å². The first-order valence-electron chi connectivity index (χ1n) is 3.26. The summed E-state index contributed by atoms with van der Waals surface area (Å²) in [6.45, 7) is 1.08. The van der Waals surface area contributed by atoms with Crippen LogP contribution in [0.1, 0.15) is 11.3 Å². The molecule has 0 atom stereocenters. The Morgan fingerprint density at radius 2 is 2.00 bits per heavy atom. The van der Waals surface area contributed by atoms with Crippen LogP contribution >= 0.6 is 0 Å². The van der Waals surface area contributed by atoms with Crippen molar-refractivity contribution in [2.75, 3.05) is 5.73 Å². The molecule has 4 nitrogen and oxygen atoms in total. The van der Waals surface area contributed by atoms with Crippen LogP contribution in [0.15, 0.2) is 4.79 Å². The van der Waals surface area contributed by atoms with Gasteiger partial charge in [0.25, 0.3) is 5.56 Å². The zero-order valence-electron chi connectivity index (χ0n) is 6.57. The van der Waals surface area contributed by atoms with Crippen molar-refractivity contribution in [2.24, 2.45) is 0 Å². The number of alkyl halides is 3. The van der Waals surface area contributed by atoms with E-state index in [0.29, 0.717) is 0 Å². The molecule has 0 aromatic carbocycles. The third-order valence-electron chi connectivity index (χ3n) is 1.40. The Kier molecular flexibility index (Phi) is 2.02. The number of aromatic amines is 1. The van der Waals surface area contributed by atoms with Crippen LogP contribution in [0.5, 0.6) is 0 Å². The van der Waals surface area contributed by atoms with E-state index in [0.717, 1.165) is 6.92 Å². The molecule has 1 heterocycles. The van der Waals surface area contributed by atoms with Gasteiger partial charge in [-0.15, -0.1) is 0 Å². The van der Waals surface area contributed by atoms with E-state index in [9.17, 15) is 18.0 Å². The Morgan fingerprint density at radius 3 is 2.38 bits per heavy atom. The molecule has 0 bridgehead atoms. The van der Waals surface area contributed by atoms with Crippen LogP contribution in [-0.4, -0.2) is 9.97 Å². The van der Waals surface area contributed by atoms with E-state index < -0.39 is 23.0 Å². The Hall–Kier alpha value is -1.53. The van der Waals surface area contributed by atoms with Crippen LogP contribution in [0.2, 0.25) is 0 Å². The van der Waals surface area contributed by atoms with Crippen molar-refractivity contribution in [1.82, 2.24) is 9.97 Å². The maximum atomic E-state index is 12.1. The molecular weight excluding hydrogens is 187 g/mol. The highest BCUT2D eigenvalue weighted by Crippen LogP contribution is 2.27. The molecule has 0 saturated carbocycles. The highest BCUT2D eigenvalue weighted by Gasteiger charge is 2.36. The predicted octanol–water partition coefficient (Wildman–Crippen LogP) is 0.679. The quantitative estimate of drug-likeness (QED) is 0.636. The van der Waals surface area contributed by atoms with E-state index in [2.05, 4.69) is 4.98 Å². The number of nitrogens with zero attached hydrogens (tertiary/aromatic N) is 1. The lowest BCUT2D eigenvalue weighted by atomic mass is 10.2. The van der Waals surface area contributed by atoms with Gasteiger partial charge in [-0.25, -0.2) is 4.98 Å². The highest BCUT2D eigenvalue weighted by atomic mass is 19.4.